The van der Waals surface area contributed by atoms with Crippen LogP contribution in [0.4, 0.5) is 0 Å². The van der Waals surface area contributed by atoms with Gasteiger partial charge in [0.2, 0.25) is 0 Å². The lowest BCUT2D eigenvalue weighted by molar-refractivity contribution is 0.218. The molecule has 0 spiro atoms. The molecule has 0 aliphatic carbocycles. The summed E-state index contributed by atoms with van der Waals surface area (Å²) in [6.45, 7) is 1.83. The topological polar surface area (TPSA) is 44.8 Å². The molecule has 6 heteroatoms. The highest BCUT2D eigenvalue weighted by Crippen LogP contribution is 2.35. The Balaban J connectivity index is 2.12. The van der Waals surface area contributed by atoms with E-state index in [0.29, 0.717) is 31.3 Å². The number of ether oxygens (including phenoxy) is 3. The maximum absolute atomic E-state index is 11.9. The summed E-state index contributed by atoms with van der Waals surface area (Å²) in [6.07, 6.45) is 0.876. The van der Waals surface area contributed by atoms with Gasteiger partial charge in [0.15, 0.2) is 11.5 Å². The number of methoxy groups -OCH3 is 1. The van der Waals surface area contributed by atoms with E-state index in [9.17, 15) is 4.21 Å². The molecule has 1 atom stereocenters. The van der Waals surface area contributed by atoms with Gasteiger partial charge in [0.25, 0.3) is 0 Å². The molecule has 106 valence electrons. The fourth-order valence-corrected chi connectivity index (χ4v) is 3.49. The van der Waals surface area contributed by atoms with E-state index in [0.717, 1.165) is 28.0 Å². The minimum atomic E-state index is -0.938. The Labute approximate surface area is 124 Å². The third-order valence-electron chi connectivity index (χ3n) is 2.75. The molecule has 1 aromatic carbocycles. The molecule has 1 aliphatic rings. The molecule has 0 unspecified atom stereocenters. The van der Waals surface area contributed by atoms with Crippen molar-refractivity contribution in [2.75, 3.05) is 32.7 Å². The molecular formula is C13H17BrO4S. The molecule has 1 aromatic rings. The van der Waals surface area contributed by atoms with Gasteiger partial charge < -0.3 is 14.2 Å². The van der Waals surface area contributed by atoms with Gasteiger partial charge in [-0.1, -0.05) is 15.9 Å². The van der Waals surface area contributed by atoms with Crippen LogP contribution in [0.25, 0.3) is 0 Å². The highest BCUT2D eigenvalue weighted by atomic mass is 79.9. The molecular weight excluding hydrogens is 332 g/mol. The van der Waals surface area contributed by atoms with Crippen LogP contribution in [-0.4, -0.2) is 36.9 Å². The van der Waals surface area contributed by atoms with Crippen molar-refractivity contribution < 1.29 is 18.4 Å². The summed E-state index contributed by atoms with van der Waals surface area (Å²) in [7, 11) is 0.674. The first kappa shape index (κ1) is 14.8. The largest absolute Gasteiger partial charge is 0.490 e. The van der Waals surface area contributed by atoms with Gasteiger partial charge in [-0.05, 0) is 17.7 Å². The second-order valence-corrected chi connectivity index (χ2v) is 6.65. The zero-order chi connectivity index (χ0) is 13.7. The Morgan fingerprint density at radius 1 is 1.32 bits per heavy atom. The van der Waals surface area contributed by atoms with Crippen molar-refractivity contribution in [2.45, 2.75) is 12.2 Å². The molecule has 2 rings (SSSR count). The Hall–Kier alpha value is -0.590. The monoisotopic (exact) mass is 348 g/mol. The zero-order valence-electron chi connectivity index (χ0n) is 10.8. The Bertz CT molecular complexity index is 464. The quantitative estimate of drug-likeness (QED) is 0.819. The van der Waals surface area contributed by atoms with Crippen molar-refractivity contribution in [3.63, 3.8) is 0 Å². The Kier molecular flexibility index (Phi) is 5.66. The van der Waals surface area contributed by atoms with Crippen molar-refractivity contribution in [3.05, 3.63) is 22.2 Å². The molecule has 0 amide bonds. The fourth-order valence-electron chi connectivity index (χ4n) is 1.76. The molecule has 0 aromatic heterocycles. The molecule has 0 bridgehead atoms. The van der Waals surface area contributed by atoms with E-state index in [4.69, 9.17) is 14.2 Å². The van der Waals surface area contributed by atoms with E-state index in [1.54, 1.807) is 7.11 Å². The smallest absolute Gasteiger partial charge is 0.162 e. The number of rotatable bonds is 5. The number of hydrogen-bond acceptors (Lipinski definition) is 4. The van der Waals surface area contributed by atoms with Gasteiger partial charge in [-0.15, -0.1) is 0 Å². The summed E-state index contributed by atoms with van der Waals surface area (Å²) >= 11 is 3.50. The summed E-state index contributed by atoms with van der Waals surface area (Å²) in [6, 6.07) is 3.80. The van der Waals surface area contributed by atoms with Crippen LogP contribution in [0.15, 0.2) is 16.6 Å². The standard InChI is InChI=1S/C13H17BrO4S/c1-16-5-6-19(15)9-10-7-12-13(8-11(10)14)18-4-2-3-17-12/h7-8H,2-6,9H2,1H3/t19-/m1/s1. The van der Waals surface area contributed by atoms with Crippen LogP contribution in [0.2, 0.25) is 0 Å². The first-order chi connectivity index (χ1) is 9.20. The third kappa shape index (κ3) is 4.19. The maximum Gasteiger partial charge on any atom is 0.162 e. The lowest BCUT2D eigenvalue weighted by Gasteiger charge is -2.11. The van der Waals surface area contributed by atoms with E-state index < -0.39 is 10.8 Å². The van der Waals surface area contributed by atoms with Gasteiger partial charge in [0, 0.05) is 40.3 Å². The normalized spacial score (nSPS) is 15.9. The summed E-state index contributed by atoms with van der Waals surface area (Å²) < 4.78 is 29.0. The summed E-state index contributed by atoms with van der Waals surface area (Å²) in [5.41, 5.74) is 0.971. The van der Waals surface area contributed by atoms with Crippen LogP contribution in [-0.2, 0) is 21.3 Å². The highest BCUT2D eigenvalue weighted by Gasteiger charge is 2.15. The van der Waals surface area contributed by atoms with E-state index >= 15 is 0 Å². The van der Waals surface area contributed by atoms with Crippen molar-refractivity contribution in [1.29, 1.82) is 0 Å². The Morgan fingerprint density at radius 3 is 2.68 bits per heavy atom. The van der Waals surface area contributed by atoms with Crippen LogP contribution in [0, 0.1) is 0 Å². The molecule has 1 heterocycles. The predicted molar refractivity (Wildman–Crippen MR) is 78.3 cm³/mol. The number of fused-ring (bicyclic) bond motifs is 1. The molecule has 0 fully saturated rings. The second kappa shape index (κ2) is 7.26. The van der Waals surface area contributed by atoms with Crippen molar-refractivity contribution in [2.24, 2.45) is 0 Å². The molecule has 0 N–H and O–H groups in total. The van der Waals surface area contributed by atoms with Gasteiger partial charge in [-0.3, -0.25) is 4.21 Å². The van der Waals surface area contributed by atoms with Crippen LogP contribution in [0.3, 0.4) is 0 Å². The third-order valence-corrected chi connectivity index (χ3v) is 4.74. The van der Waals surface area contributed by atoms with E-state index in [1.165, 1.54) is 0 Å². The van der Waals surface area contributed by atoms with Crippen molar-refractivity contribution in [1.82, 2.24) is 0 Å². The van der Waals surface area contributed by atoms with Gasteiger partial charge in [-0.2, -0.15) is 0 Å². The van der Waals surface area contributed by atoms with E-state index in [2.05, 4.69) is 15.9 Å². The maximum atomic E-state index is 11.9. The van der Waals surface area contributed by atoms with Crippen LogP contribution in [0.5, 0.6) is 11.5 Å². The average molecular weight is 349 g/mol. The Morgan fingerprint density at radius 2 is 2.00 bits per heavy atom. The van der Waals surface area contributed by atoms with Crippen LogP contribution >= 0.6 is 15.9 Å². The molecule has 0 radical (unpaired) electrons. The van der Waals surface area contributed by atoms with E-state index in [-0.39, 0.29) is 0 Å². The van der Waals surface area contributed by atoms with E-state index in [1.807, 2.05) is 12.1 Å². The second-order valence-electron chi connectivity index (χ2n) is 4.22. The highest BCUT2D eigenvalue weighted by molar-refractivity contribution is 9.10. The molecule has 4 nitrogen and oxygen atoms in total. The lowest BCUT2D eigenvalue weighted by atomic mass is 10.2. The van der Waals surface area contributed by atoms with Gasteiger partial charge in [-0.25, -0.2) is 0 Å². The number of benzene rings is 1. The summed E-state index contributed by atoms with van der Waals surface area (Å²) in [5.74, 6) is 2.51. The minimum absolute atomic E-state index is 0.487. The average Bonchev–Trinajstić information content (AvgIpc) is 2.62. The predicted octanol–water partition coefficient (Wildman–Crippen LogP) is 2.51. The summed E-state index contributed by atoms with van der Waals surface area (Å²) in [5, 5.41) is 0. The number of hydrogen-bond donors (Lipinski definition) is 0. The minimum Gasteiger partial charge on any atom is -0.490 e. The lowest BCUT2D eigenvalue weighted by Crippen LogP contribution is -2.07. The van der Waals surface area contributed by atoms with Crippen LogP contribution < -0.4 is 9.47 Å². The summed E-state index contributed by atoms with van der Waals surface area (Å²) in [4.78, 5) is 0. The van der Waals surface area contributed by atoms with Crippen molar-refractivity contribution >= 4 is 26.7 Å². The first-order valence-electron chi connectivity index (χ1n) is 6.12. The fraction of sp³-hybridized carbons (Fsp3) is 0.538. The molecule has 1 aliphatic heterocycles. The SMILES string of the molecule is COCC[S@@](=O)Cc1cc2c(cc1Br)OCCCO2. The molecule has 0 saturated carbocycles. The van der Waals surface area contributed by atoms with Gasteiger partial charge in [0.1, 0.15) is 0 Å². The van der Waals surface area contributed by atoms with Crippen molar-refractivity contribution in [3.8, 4) is 11.5 Å². The number of halogens is 1. The zero-order valence-corrected chi connectivity index (χ0v) is 13.2. The van der Waals surface area contributed by atoms with Gasteiger partial charge >= 0.3 is 0 Å². The molecule has 0 saturated heterocycles. The first-order valence-corrected chi connectivity index (χ1v) is 8.40. The van der Waals surface area contributed by atoms with Gasteiger partial charge in [0.05, 0.1) is 19.8 Å². The molecule has 19 heavy (non-hydrogen) atoms. The van der Waals surface area contributed by atoms with Crippen LogP contribution in [0.1, 0.15) is 12.0 Å².